The van der Waals surface area contributed by atoms with E-state index < -0.39 is 0 Å². The van der Waals surface area contributed by atoms with Gasteiger partial charge in [-0.05, 0) is 24.8 Å². The van der Waals surface area contributed by atoms with Crippen LogP contribution in [0, 0.1) is 0 Å². The van der Waals surface area contributed by atoms with Crippen molar-refractivity contribution in [3.8, 4) is 0 Å². The summed E-state index contributed by atoms with van der Waals surface area (Å²) in [5.41, 5.74) is 0.958. The van der Waals surface area contributed by atoms with Crippen molar-refractivity contribution in [1.29, 1.82) is 0 Å². The van der Waals surface area contributed by atoms with E-state index in [2.05, 4.69) is 25.5 Å². The van der Waals surface area contributed by atoms with Crippen molar-refractivity contribution in [2.45, 2.75) is 38.4 Å². The fourth-order valence-corrected chi connectivity index (χ4v) is 3.89. The normalized spacial score (nSPS) is 20.5. The van der Waals surface area contributed by atoms with Gasteiger partial charge in [0.05, 0.1) is 18.8 Å². The van der Waals surface area contributed by atoms with E-state index in [1.54, 1.807) is 23.9 Å². The van der Waals surface area contributed by atoms with E-state index in [4.69, 9.17) is 0 Å². The minimum absolute atomic E-state index is 0.00508. The number of amides is 2. The van der Waals surface area contributed by atoms with E-state index in [0.29, 0.717) is 32.5 Å². The van der Waals surface area contributed by atoms with Gasteiger partial charge in [0, 0.05) is 42.4 Å². The Morgan fingerprint density at radius 1 is 1.48 bits per heavy atom. The maximum Gasteiger partial charge on any atom is 0.237 e. The third-order valence-corrected chi connectivity index (χ3v) is 5.14. The second kappa shape index (κ2) is 8.26. The molecule has 7 nitrogen and oxygen atoms in total. The number of nitrogens with one attached hydrogen (secondary N) is 3. The molecule has 3 heterocycles. The van der Waals surface area contributed by atoms with Crippen LogP contribution in [0.5, 0.6) is 0 Å². The van der Waals surface area contributed by atoms with Crippen molar-refractivity contribution in [2.75, 3.05) is 13.1 Å². The number of likely N-dealkylation sites (tertiary alicyclic amines) is 1. The van der Waals surface area contributed by atoms with E-state index in [-0.39, 0.29) is 23.9 Å². The second-order valence-corrected chi connectivity index (χ2v) is 7.21. The Bertz CT molecular complexity index is 686. The first kappa shape index (κ1) is 17.6. The van der Waals surface area contributed by atoms with Crippen molar-refractivity contribution < 1.29 is 9.59 Å². The van der Waals surface area contributed by atoms with Crippen molar-refractivity contribution in [3.05, 3.63) is 40.6 Å². The zero-order valence-corrected chi connectivity index (χ0v) is 15.0. The van der Waals surface area contributed by atoms with Gasteiger partial charge in [0.2, 0.25) is 11.8 Å². The number of aromatic amines is 1. The third-order valence-electron chi connectivity index (χ3n) is 4.27. The number of carbonyl (C=O) groups excluding carboxylic acids is 2. The minimum Gasteiger partial charge on any atom is -0.355 e. The number of thiophene rings is 1. The molecule has 0 spiro atoms. The van der Waals surface area contributed by atoms with E-state index in [1.165, 1.54) is 0 Å². The molecule has 1 saturated heterocycles. The largest absolute Gasteiger partial charge is 0.355 e. The molecule has 1 aliphatic heterocycles. The maximum absolute atomic E-state index is 12.4. The van der Waals surface area contributed by atoms with Gasteiger partial charge in [-0.3, -0.25) is 14.5 Å². The van der Waals surface area contributed by atoms with Crippen molar-refractivity contribution >= 4 is 23.2 Å². The lowest BCUT2D eigenvalue weighted by atomic mass is 10.1. The summed E-state index contributed by atoms with van der Waals surface area (Å²) in [5.74, 6) is 0.0162. The first-order valence-electron chi connectivity index (χ1n) is 8.46. The zero-order valence-electron chi connectivity index (χ0n) is 14.2. The van der Waals surface area contributed by atoms with Gasteiger partial charge in [0.15, 0.2) is 0 Å². The average Bonchev–Trinajstić information content (AvgIpc) is 3.30. The number of hydrogen-bond donors (Lipinski definition) is 3. The predicted octanol–water partition coefficient (Wildman–Crippen LogP) is 0.909. The number of rotatable bonds is 7. The SMILES string of the molecule is CCNC(=O)[C@@H]1C[C@H](NC(=O)Cc2cccs2)CN1Cc1cnc[nH]1. The standard InChI is InChI=1S/C17H23N5O2S/c1-2-19-17(24)15-6-12(9-22(15)10-13-8-18-11-20-13)21-16(23)7-14-4-3-5-25-14/h3-5,8,11-12,15H,2,6-7,9-10H2,1H3,(H,18,20)(H,19,24)(H,21,23)/t12-,15-/m0/s1. The molecule has 2 aromatic rings. The molecule has 2 aromatic heterocycles. The van der Waals surface area contributed by atoms with Gasteiger partial charge in [-0.2, -0.15) is 0 Å². The highest BCUT2D eigenvalue weighted by Crippen LogP contribution is 2.21. The van der Waals surface area contributed by atoms with Crippen LogP contribution in [0.1, 0.15) is 23.9 Å². The number of hydrogen-bond acceptors (Lipinski definition) is 5. The fourth-order valence-electron chi connectivity index (χ4n) is 3.19. The summed E-state index contributed by atoms with van der Waals surface area (Å²) in [6, 6.07) is 3.64. The predicted molar refractivity (Wildman–Crippen MR) is 96.0 cm³/mol. The van der Waals surface area contributed by atoms with Crippen LogP contribution in [0.25, 0.3) is 0 Å². The number of imidazole rings is 1. The molecule has 3 N–H and O–H groups in total. The summed E-state index contributed by atoms with van der Waals surface area (Å²) in [6.45, 7) is 3.77. The first-order chi connectivity index (χ1) is 12.2. The topological polar surface area (TPSA) is 90.1 Å². The smallest absolute Gasteiger partial charge is 0.237 e. The second-order valence-electron chi connectivity index (χ2n) is 6.17. The molecule has 0 saturated carbocycles. The highest BCUT2D eigenvalue weighted by atomic mass is 32.1. The third kappa shape index (κ3) is 4.67. The van der Waals surface area contributed by atoms with Crippen LogP contribution in [0.3, 0.4) is 0 Å². The lowest BCUT2D eigenvalue weighted by Gasteiger charge is -2.22. The summed E-state index contributed by atoms with van der Waals surface area (Å²) in [7, 11) is 0. The lowest BCUT2D eigenvalue weighted by molar-refractivity contribution is -0.125. The van der Waals surface area contributed by atoms with Crippen LogP contribution < -0.4 is 10.6 Å². The van der Waals surface area contributed by atoms with Gasteiger partial charge in [-0.1, -0.05) is 6.07 Å². The van der Waals surface area contributed by atoms with E-state index in [0.717, 1.165) is 10.6 Å². The number of nitrogens with zero attached hydrogens (tertiary/aromatic N) is 2. The van der Waals surface area contributed by atoms with Crippen LogP contribution >= 0.6 is 11.3 Å². The molecule has 2 amide bonds. The van der Waals surface area contributed by atoms with Gasteiger partial charge in [-0.15, -0.1) is 11.3 Å². The number of likely N-dealkylation sites (N-methyl/N-ethyl adjacent to an activating group) is 1. The molecule has 1 fully saturated rings. The van der Waals surface area contributed by atoms with Gasteiger partial charge in [0.1, 0.15) is 0 Å². The highest BCUT2D eigenvalue weighted by molar-refractivity contribution is 7.10. The molecule has 3 rings (SSSR count). The van der Waals surface area contributed by atoms with Crippen LogP contribution in [0.4, 0.5) is 0 Å². The quantitative estimate of drug-likeness (QED) is 0.684. The average molecular weight is 361 g/mol. The monoisotopic (exact) mass is 361 g/mol. The Morgan fingerprint density at radius 2 is 2.36 bits per heavy atom. The molecular formula is C17H23N5O2S. The van der Waals surface area contributed by atoms with Crippen molar-refractivity contribution in [1.82, 2.24) is 25.5 Å². The first-order valence-corrected chi connectivity index (χ1v) is 9.34. The fraction of sp³-hybridized carbons (Fsp3) is 0.471. The highest BCUT2D eigenvalue weighted by Gasteiger charge is 2.37. The number of H-pyrrole nitrogens is 1. The molecule has 2 atom stereocenters. The summed E-state index contributed by atoms with van der Waals surface area (Å²) in [5, 5.41) is 7.93. The van der Waals surface area contributed by atoms with Gasteiger partial charge in [-0.25, -0.2) is 4.98 Å². The number of aromatic nitrogens is 2. The zero-order chi connectivity index (χ0) is 17.6. The summed E-state index contributed by atoms with van der Waals surface area (Å²) in [4.78, 5) is 34.9. The maximum atomic E-state index is 12.4. The number of carbonyl (C=O) groups is 2. The Balaban J connectivity index is 1.61. The van der Waals surface area contributed by atoms with Gasteiger partial charge < -0.3 is 15.6 Å². The Morgan fingerprint density at radius 3 is 3.04 bits per heavy atom. The Kier molecular flexibility index (Phi) is 5.83. The Hall–Kier alpha value is -2.19. The van der Waals surface area contributed by atoms with Crippen molar-refractivity contribution in [3.63, 3.8) is 0 Å². The van der Waals surface area contributed by atoms with Crippen LogP contribution in [-0.4, -0.2) is 51.9 Å². The summed E-state index contributed by atoms with van der Waals surface area (Å²) >= 11 is 1.58. The van der Waals surface area contributed by atoms with Crippen LogP contribution in [0.15, 0.2) is 30.0 Å². The molecule has 134 valence electrons. The van der Waals surface area contributed by atoms with Gasteiger partial charge >= 0.3 is 0 Å². The lowest BCUT2D eigenvalue weighted by Crippen LogP contribution is -2.42. The molecule has 0 unspecified atom stereocenters. The molecule has 25 heavy (non-hydrogen) atoms. The molecule has 1 aliphatic rings. The summed E-state index contributed by atoms with van der Waals surface area (Å²) < 4.78 is 0. The van der Waals surface area contributed by atoms with E-state index in [1.807, 2.05) is 24.4 Å². The molecule has 0 radical (unpaired) electrons. The molecule has 0 bridgehead atoms. The van der Waals surface area contributed by atoms with Crippen molar-refractivity contribution in [2.24, 2.45) is 0 Å². The van der Waals surface area contributed by atoms with Crippen LogP contribution in [0.2, 0.25) is 0 Å². The molecule has 8 heteroatoms. The molecule has 0 aliphatic carbocycles. The van der Waals surface area contributed by atoms with Crippen LogP contribution in [-0.2, 0) is 22.6 Å². The van der Waals surface area contributed by atoms with E-state index in [9.17, 15) is 9.59 Å². The molecule has 0 aromatic carbocycles. The Labute approximate surface area is 150 Å². The minimum atomic E-state index is -0.240. The molecular weight excluding hydrogens is 338 g/mol. The van der Waals surface area contributed by atoms with E-state index >= 15 is 0 Å². The summed E-state index contributed by atoms with van der Waals surface area (Å²) in [6.07, 6.45) is 4.40. The van der Waals surface area contributed by atoms with Gasteiger partial charge in [0.25, 0.3) is 0 Å².